The van der Waals surface area contributed by atoms with Crippen molar-refractivity contribution in [3.8, 4) is 0 Å². The van der Waals surface area contributed by atoms with Gasteiger partial charge in [-0.15, -0.1) is 0 Å². The number of nitrogen functional groups attached to an aromatic ring is 1. The molecule has 19 heavy (non-hydrogen) atoms. The number of nitrogens with one attached hydrogen (secondary N) is 1. The third kappa shape index (κ3) is 4.75. The number of primary amides is 1. The number of nitrogens with two attached hydrogens (primary N) is 2. The minimum absolute atomic E-state index is 0.0368. The number of ether oxygens (including phenoxy) is 1. The summed E-state index contributed by atoms with van der Waals surface area (Å²) in [5, 5.41) is 2.85. The number of rotatable bonds is 8. The van der Waals surface area contributed by atoms with E-state index in [4.69, 9.17) is 16.2 Å². The first-order valence-corrected chi connectivity index (χ1v) is 6.26. The van der Waals surface area contributed by atoms with Crippen LogP contribution >= 0.6 is 0 Å². The molecule has 0 atom stereocenters. The quantitative estimate of drug-likeness (QED) is 0.495. The lowest BCUT2D eigenvalue weighted by molar-refractivity contribution is 0.100. The topological polar surface area (TPSA) is 90.4 Å². The summed E-state index contributed by atoms with van der Waals surface area (Å²) in [6.07, 6.45) is 2.07. The molecule has 0 spiro atoms. The summed E-state index contributed by atoms with van der Waals surface area (Å²) in [5.41, 5.74) is 11.0. The highest BCUT2D eigenvalue weighted by Crippen LogP contribution is 2.21. The number of benzene rings is 1. The summed E-state index contributed by atoms with van der Waals surface area (Å²) in [6.45, 7) is 3.68. The van der Waals surface area contributed by atoms with E-state index in [-0.39, 0.29) is 16.9 Å². The Hall–Kier alpha value is -1.82. The van der Waals surface area contributed by atoms with Crippen LogP contribution in [0.15, 0.2) is 12.1 Å². The fourth-order valence-electron chi connectivity index (χ4n) is 1.54. The molecular formula is C13H20FN3O2. The third-order valence-electron chi connectivity index (χ3n) is 2.61. The number of amides is 1. The number of carbonyl (C=O) groups is 1. The van der Waals surface area contributed by atoms with Crippen molar-refractivity contribution in [1.29, 1.82) is 0 Å². The van der Waals surface area contributed by atoms with Crippen LogP contribution in [0.4, 0.5) is 15.8 Å². The summed E-state index contributed by atoms with van der Waals surface area (Å²) in [6, 6.07) is 2.40. The maximum atomic E-state index is 13.6. The minimum atomic E-state index is -0.681. The van der Waals surface area contributed by atoms with Crippen molar-refractivity contribution in [3.63, 3.8) is 0 Å². The number of anilines is 2. The molecule has 0 aliphatic rings. The van der Waals surface area contributed by atoms with Gasteiger partial charge in [-0.2, -0.15) is 0 Å². The second kappa shape index (κ2) is 7.58. The Labute approximate surface area is 112 Å². The van der Waals surface area contributed by atoms with Gasteiger partial charge in [0.1, 0.15) is 5.82 Å². The highest BCUT2D eigenvalue weighted by Gasteiger charge is 2.11. The second-order valence-corrected chi connectivity index (χ2v) is 4.18. The van der Waals surface area contributed by atoms with Crippen molar-refractivity contribution in [2.75, 3.05) is 30.8 Å². The average Bonchev–Trinajstić information content (AvgIpc) is 2.35. The molecule has 0 bridgehead atoms. The van der Waals surface area contributed by atoms with Crippen LogP contribution in [0.5, 0.6) is 0 Å². The van der Waals surface area contributed by atoms with Gasteiger partial charge in [-0.1, -0.05) is 13.3 Å². The van der Waals surface area contributed by atoms with E-state index in [1.165, 1.54) is 6.07 Å². The molecule has 106 valence electrons. The Morgan fingerprint density at radius 3 is 2.79 bits per heavy atom. The van der Waals surface area contributed by atoms with E-state index in [9.17, 15) is 9.18 Å². The Bertz CT molecular complexity index is 438. The molecule has 6 heteroatoms. The molecule has 0 unspecified atom stereocenters. The molecule has 0 heterocycles. The molecule has 0 saturated carbocycles. The van der Waals surface area contributed by atoms with E-state index in [0.717, 1.165) is 18.9 Å². The van der Waals surface area contributed by atoms with Gasteiger partial charge in [0.2, 0.25) is 0 Å². The third-order valence-corrected chi connectivity index (χ3v) is 2.61. The van der Waals surface area contributed by atoms with Crippen molar-refractivity contribution in [2.24, 2.45) is 5.73 Å². The van der Waals surface area contributed by atoms with Gasteiger partial charge >= 0.3 is 0 Å². The van der Waals surface area contributed by atoms with Crippen LogP contribution in [-0.2, 0) is 4.74 Å². The molecule has 1 aromatic carbocycles. The van der Waals surface area contributed by atoms with E-state index in [1.54, 1.807) is 0 Å². The van der Waals surface area contributed by atoms with E-state index >= 15 is 0 Å². The van der Waals surface area contributed by atoms with Crippen LogP contribution in [0, 0.1) is 5.82 Å². The number of unbranched alkanes of at least 4 members (excludes halogenated alkanes) is 1. The molecule has 0 aliphatic heterocycles. The molecule has 5 nitrogen and oxygen atoms in total. The molecule has 0 radical (unpaired) electrons. The molecule has 0 aliphatic carbocycles. The number of hydrogen-bond acceptors (Lipinski definition) is 4. The molecule has 5 N–H and O–H groups in total. The largest absolute Gasteiger partial charge is 0.398 e. The van der Waals surface area contributed by atoms with Gasteiger partial charge in [0.05, 0.1) is 17.9 Å². The van der Waals surface area contributed by atoms with E-state index in [2.05, 4.69) is 12.2 Å². The van der Waals surface area contributed by atoms with Gasteiger partial charge in [0.15, 0.2) is 0 Å². The lowest BCUT2D eigenvalue weighted by Gasteiger charge is -2.10. The van der Waals surface area contributed by atoms with Gasteiger partial charge in [-0.3, -0.25) is 4.79 Å². The predicted octanol–water partition coefficient (Wildman–Crippen LogP) is 1.74. The first-order valence-electron chi connectivity index (χ1n) is 6.26. The molecule has 1 aromatic rings. The summed E-state index contributed by atoms with van der Waals surface area (Å²) in [5.74, 6) is -1.20. The predicted molar refractivity (Wildman–Crippen MR) is 73.5 cm³/mol. The summed E-state index contributed by atoms with van der Waals surface area (Å²) in [4.78, 5) is 11.1. The van der Waals surface area contributed by atoms with Crippen LogP contribution in [0.3, 0.4) is 0 Å². The maximum absolute atomic E-state index is 13.6. The lowest BCUT2D eigenvalue weighted by atomic mass is 10.1. The van der Waals surface area contributed by atoms with Gasteiger partial charge in [0.25, 0.3) is 5.91 Å². The van der Waals surface area contributed by atoms with Crippen LogP contribution in [0.1, 0.15) is 30.1 Å². The zero-order chi connectivity index (χ0) is 14.3. The summed E-state index contributed by atoms with van der Waals surface area (Å²) >= 11 is 0. The van der Waals surface area contributed by atoms with Crippen LogP contribution in [0.25, 0.3) is 0 Å². The Kier molecular flexibility index (Phi) is 6.08. The first kappa shape index (κ1) is 15.2. The number of halogens is 1. The number of hydrogen-bond donors (Lipinski definition) is 3. The van der Waals surface area contributed by atoms with Crippen molar-refractivity contribution in [3.05, 3.63) is 23.5 Å². The molecular weight excluding hydrogens is 249 g/mol. The van der Waals surface area contributed by atoms with Crippen LogP contribution < -0.4 is 16.8 Å². The first-order chi connectivity index (χ1) is 9.06. The van der Waals surface area contributed by atoms with Gasteiger partial charge in [0, 0.05) is 18.8 Å². The summed E-state index contributed by atoms with van der Waals surface area (Å²) in [7, 11) is 0. The SMILES string of the molecule is CCCCOCCNc1cc(C(N)=O)c(N)cc1F. The van der Waals surface area contributed by atoms with E-state index < -0.39 is 11.7 Å². The van der Waals surface area contributed by atoms with E-state index in [1.807, 2.05) is 0 Å². The fourth-order valence-corrected chi connectivity index (χ4v) is 1.54. The number of carbonyl (C=O) groups excluding carboxylic acids is 1. The molecule has 0 fully saturated rings. The molecule has 0 aromatic heterocycles. The lowest BCUT2D eigenvalue weighted by Crippen LogP contribution is -2.16. The standard InChI is InChI=1S/C13H20FN3O2/c1-2-3-5-19-6-4-17-12-7-9(13(16)18)11(15)8-10(12)14/h7-8,17H,2-6,15H2,1H3,(H2,16,18). The van der Waals surface area contributed by atoms with Crippen molar-refractivity contribution >= 4 is 17.3 Å². The zero-order valence-corrected chi connectivity index (χ0v) is 11.0. The van der Waals surface area contributed by atoms with Gasteiger partial charge in [-0.25, -0.2) is 4.39 Å². The van der Waals surface area contributed by atoms with Gasteiger partial charge in [-0.05, 0) is 18.6 Å². The summed E-state index contributed by atoms with van der Waals surface area (Å²) < 4.78 is 18.9. The van der Waals surface area contributed by atoms with Crippen molar-refractivity contribution < 1.29 is 13.9 Å². The normalized spacial score (nSPS) is 10.4. The van der Waals surface area contributed by atoms with Gasteiger partial charge < -0.3 is 21.5 Å². The average molecular weight is 269 g/mol. The molecule has 1 amide bonds. The molecule has 1 rings (SSSR count). The Morgan fingerprint density at radius 2 is 2.16 bits per heavy atom. The minimum Gasteiger partial charge on any atom is -0.398 e. The van der Waals surface area contributed by atoms with Crippen LogP contribution in [0.2, 0.25) is 0 Å². The maximum Gasteiger partial charge on any atom is 0.250 e. The van der Waals surface area contributed by atoms with Crippen molar-refractivity contribution in [2.45, 2.75) is 19.8 Å². The Morgan fingerprint density at radius 1 is 1.42 bits per heavy atom. The smallest absolute Gasteiger partial charge is 0.250 e. The van der Waals surface area contributed by atoms with E-state index in [0.29, 0.717) is 19.8 Å². The highest BCUT2D eigenvalue weighted by molar-refractivity contribution is 5.99. The Balaban J connectivity index is 2.53. The molecule has 0 saturated heterocycles. The highest BCUT2D eigenvalue weighted by atomic mass is 19.1. The monoisotopic (exact) mass is 269 g/mol. The zero-order valence-electron chi connectivity index (χ0n) is 11.0. The second-order valence-electron chi connectivity index (χ2n) is 4.18. The van der Waals surface area contributed by atoms with Crippen LogP contribution in [-0.4, -0.2) is 25.7 Å². The fraction of sp³-hybridized carbons (Fsp3) is 0.462. The van der Waals surface area contributed by atoms with Crippen molar-refractivity contribution in [1.82, 2.24) is 0 Å².